The Hall–Kier alpha value is -2.30. The molecule has 1 aromatic carbocycles. The molecule has 5 nitrogen and oxygen atoms in total. The van der Waals surface area contributed by atoms with E-state index in [1.807, 2.05) is 29.1 Å². The molecule has 1 atom stereocenters. The molecule has 0 unspecified atom stereocenters. The molecule has 116 valence electrons. The van der Waals surface area contributed by atoms with Crippen molar-refractivity contribution in [3.05, 3.63) is 42.5 Å². The third-order valence-electron chi connectivity index (χ3n) is 3.78. The molecule has 3 rings (SSSR count). The fourth-order valence-electron chi connectivity index (χ4n) is 2.78. The quantitative estimate of drug-likeness (QED) is 0.782. The first-order chi connectivity index (χ1) is 10.5. The Morgan fingerprint density at radius 3 is 2.68 bits per heavy atom. The first-order valence-corrected chi connectivity index (χ1v) is 7.75. The van der Waals surface area contributed by atoms with Gasteiger partial charge in [0.15, 0.2) is 0 Å². The summed E-state index contributed by atoms with van der Waals surface area (Å²) in [4.78, 5) is 4.74. The second-order valence-electron chi connectivity index (χ2n) is 6.23. The van der Waals surface area contributed by atoms with Crippen LogP contribution in [0.2, 0.25) is 0 Å². The Morgan fingerprint density at radius 1 is 1.18 bits per heavy atom. The first kappa shape index (κ1) is 14.6. The zero-order valence-corrected chi connectivity index (χ0v) is 13.6. The lowest BCUT2D eigenvalue weighted by molar-refractivity contribution is 0.483. The molecule has 5 heteroatoms. The number of hydrogen-bond donors (Lipinski definition) is 1. The Morgan fingerprint density at radius 2 is 1.95 bits per heavy atom. The summed E-state index contributed by atoms with van der Waals surface area (Å²) < 4.78 is 4.13. The van der Waals surface area contributed by atoms with Gasteiger partial charge in [0.1, 0.15) is 5.82 Å². The van der Waals surface area contributed by atoms with Gasteiger partial charge in [-0.2, -0.15) is 5.10 Å². The monoisotopic (exact) mass is 297 g/mol. The van der Waals surface area contributed by atoms with Gasteiger partial charge in [-0.15, -0.1) is 0 Å². The molecular formula is C17H23N5. The zero-order chi connectivity index (χ0) is 15.7. The average Bonchev–Trinajstić information content (AvgIpc) is 3.04. The van der Waals surface area contributed by atoms with Crippen molar-refractivity contribution in [2.45, 2.75) is 33.4 Å². The molecule has 2 heterocycles. The number of nitrogens with zero attached hydrogens (tertiary/aromatic N) is 4. The van der Waals surface area contributed by atoms with Crippen LogP contribution < -0.4 is 5.32 Å². The van der Waals surface area contributed by atoms with Crippen LogP contribution >= 0.6 is 0 Å². The molecule has 0 fully saturated rings. The van der Waals surface area contributed by atoms with E-state index in [1.54, 1.807) is 0 Å². The summed E-state index contributed by atoms with van der Waals surface area (Å²) >= 11 is 0. The lowest BCUT2D eigenvalue weighted by Crippen LogP contribution is -2.11. The summed E-state index contributed by atoms with van der Waals surface area (Å²) in [6.07, 6.45) is 3.93. The number of hydrogen-bond acceptors (Lipinski definition) is 3. The number of benzene rings is 1. The minimum absolute atomic E-state index is 0.120. The molecule has 0 aliphatic carbocycles. The fourth-order valence-corrected chi connectivity index (χ4v) is 2.78. The van der Waals surface area contributed by atoms with Crippen molar-refractivity contribution in [3.8, 4) is 0 Å². The largest absolute Gasteiger partial charge is 0.373 e. The first-order valence-electron chi connectivity index (χ1n) is 7.75. The number of anilines is 1. The van der Waals surface area contributed by atoms with Crippen molar-refractivity contribution in [1.82, 2.24) is 19.3 Å². The molecule has 0 saturated heterocycles. The van der Waals surface area contributed by atoms with E-state index in [0.717, 1.165) is 29.1 Å². The van der Waals surface area contributed by atoms with Crippen LogP contribution in [0.3, 0.4) is 0 Å². The standard InChI is InChI=1S/C17H23N5/c1-12(2)10-22-11-14(9-18-22)19-13(3)17-20-15-7-5-6-8-16(15)21(17)4/h5-9,11-13,19H,10H2,1-4H3/t13-/m1/s1. The highest BCUT2D eigenvalue weighted by molar-refractivity contribution is 5.76. The molecule has 0 amide bonds. The lowest BCUT2D eigenvalue weighted by Gasteiger charge is -2.13. The van der Waals surface area contributed by atoms with Gasteiger partial charge < -0.3 is 9.88 Å². The van der Waals surface area contributed by atoms with Crippen LogP contribution in [0.25, 0.3) is 11.0 Å². The predicted molar refractivity (Wildman–Crippen MR) is 89.8 cm³/mol. The highest BCUT2D eigenvalue weighted by atomic mass is 15.3. The van der Waals surface area contributed by atoms with E-state index in [1.165, 1.54) is 0 Å². The third-order valence-corrected chi connectivity index (χ3v) is 3.78. The molecule has 0 aliphatic heterocycles. The molecule has 22 heavy (non-hydrogen) atoms. The summed E-state index contributed by atoms with van der Waals surface area (Å²) in [5.41, 5.74) is 3.21. The van der Waals surface area contributed by atoms with Crippen molar-refractivity contribution < 1.29 is 0 Å². The number of nitrogens with one attached hydrogen (secondary N) is 1. The van der Waals surface area contributed by atoms with E-state index in [0.29, 0.717) is 5.92 Å². The Balaban J connectivity index is 1.79. The van der Waals surface area contributed by atoms with Crippen molar-refractivity contribution in [1.29, 1.82) is 0 Å². The molecule has 3 aromatic rings. The van der Waals surface area contributed by atoms with Gasteiger partial charge in [0.05, 0.1) is 29.0 Å². The van der Waals surface area contributed by atoms with Gasteiger partial charge >= 0.3 is 0 Å². The second-order valence-corrected chi connectivity index (χ2v) is 6.23. The van der Waals surface area contributed by atoms with Crippen LogP contribution in [-0.2, 0) is 13.6 Å². The number of fused-ring (bicyclic) bond motifs is 1. The molecule has 0 saturated carbocycles. The smallest absolute Gasteiger partial charge is 0.131 e. The van der Waals surface area contributed by atoms with Gasteiger partial charge in [-0.05, 0) is 25.0 Å². The molecule has 1 N–H and O–H groups in total. The zero-order valence-electron chi connectivity index (χ0n) is 13.6. The fraction of sp³-hybridized carbons (Fsp3) is 0.412. The van der Waals surface area contributed by atoms with Crippen LogP contribution in [0.4, 0.5) is 5.69 Å². The van der Waals surface area contributed by atoms with Gasteiger partial charge in [-0.1, -0.05) is 26.0 Å². The van der Waals surface area contributed by atoms with Crippen LogP contribution in [0.5, 0.6) is 0 Å². The second kappa shape index (κ2) is 5.83. The van der Waals surface area contributed by atoms with E-state index in [4.69, 9.17) is 4.98 Å². The molecule has 0 bridgehead atoms. The summed E-state index contributed by atoms with van der Waals surface area (Å²) in [7, 11) is 2.06. The maximum atomic E-state index is 4.74. The predicted octanol–water partition coefficient (Wildman–Crippen LogP) is 3.60. The van der Waals surface area contributed by atoms with Crippen molar-refractivity contribution in [2.75, 3.05) is 5.32 Å². The van der Waals surface area contributed by atoms with Crippen LogP contribution in [0.1, 0.15) is 32.6 Å². The number of rotatable bonds is 5. The van der Waals surface area contributed by atoms with Crippen molar-refractivity contribution >= 4 is 16.7 Å². The highest BCUT2D eigenvalue weighted by Crippen LogP contribution is 2.22. The number of aromatic nitrogens is 4. The number of para-hydroxylation sites is 2. The van der Waals surface area contributed by atoms with E-state index in [9.17, 15) is 0 Å². The van der Waals surface area contributed by atoms with Crippen LogP contribution in [0.15, 0.2) is 36.7 Å². The van der Waals surface area contributed by atoms with Crippen molar-refractivity contribution in [3.63, 3.8) is 0 Å². The van der Waals surface area contributed by atoms with Gasteiger partial charge in [-0.3, -0.25) is 4.68 Å². The van der Waals surface area contributed by atoms with Gasteiger partial charge in [-0.25, -0.2) is 4.98 Å². The maximum Gasteiger partial charge on any atom is 0.131 e. The van der Waals surface area contributed by atoms with E-state index < -0.39 is 0 Å². The molecule has 0 radical (unpaired) electrons. The normalized spacial score (nSPS) is 13.0. The Bertz CT molecular complexity index is 768. The van der Waals surface area contributed by atoms with Gasteiger partial charge in [0.25, 0.3) is 0 Å². The minimum atomic E-state index is 0.120. The van der Waals surface area contributed by atoms with E-state index in [2.05, 4.69) is 55.1 Å². The molecular weight excluding hydrogens is 274 g/mol. The maximum absolute atomic E-state index is 4.74. The molecule has 2 aromatic heterocycles. The van der Waals surface area contributed by atoms with Crippen LogP contribution in [0, 0.1) is 5.92 Å². The van der Waals surface area contributed by atoms with E-state index >= 15 is 0 Å². The molecule has 0 aliphatic rings. The Labute approximate surface area is 131 Å². The third kappa shape index (κ3) is 2.84. The number of aryl methyl sites for hydroxylation is 1. The van der Waals surface area contributed by atoms with Gasteiger partial charge in [0, 0.05) is 19.8 Å². The van der Waals surface area contributed by atoms with Crippen molar-refractivity contribution in [2.24, 2.45) is 13.0 Å². The highest BCUT2D eigenvalue weighted by Gasteiger charge is 2.14. The topological polar surface area (TPSA) is 47.7 Å². The van der Waals surface area contributed by atoms with Crippen LogP contribution in [-0.4, -0.2) is 19.3 Å². The summed E-state index contributed by atoms with van der Waals surface area (Å²) in [5, 5.41) is 7.88. The molecule has 0 spiro atoms. The minimum Gasteiger partial charge on any atom is -0.373 e. The summed E-state index contributed by atoms with van der Waals surface area (Å²) in [6, 6.07) is 8.33. The van der Waals surface area contributed by atoms with Gasteiger partial charge in [0.2, 0.25) is 0 Å². The average molecular weight is 297 g/mol. The Kier molecular flexibility index (Phi) is 3.88. The lowest BCUT2D eigenvalue weighted by atomic mass is 10.2. The summed E-state index contributed by atoms with van der Waals surface area (Å²) in [6.45, 7) is 7.44. The van der Waals surface area contributed by atoms with E-state index in [-0.39, 0.29) is 6.04 Å². The summed E-state index contributed by atoms with van der Waals surface area (Å²) in [5.74, 6) is 1.61. The SMILES string of the molecule is CC(C)Cn1cc(N[C@H](C)c2nc3ccccc3n2C)cn1. The number of imidazole rings is 1.